The van der Waals surface area contributed by atoms with Crippen molar-refractivity contribution in [3.05, 3.63) is 23.0 Å². The van der Waals surface area contributed by atoms with Gasteiger partial charge in [-0.3, -0.25) is 4.79 Å². The van der Waals surface area contributed by atoms with Gasteiger partial charge in [-0.25, -0.2) is 0 Å². The molecule has 0 aliphatic rings. The molecule has 0 bridgehead atoms. The van der Waals surface area contributed by atoms with E-state index < -0.39 is 0 Å². The molecule has 2 heteroatoms. The standard InChI is InChI=1S/C13H21NO/c1-6-13(9(2)3)14-10(4)7-12(8-15)11(14)5/h7-9,13H,6H2,1-5H3. The lowest BCUT2D eigenvalue weighted by Gasteiger charge is -2.25. The van der Waals surface area contributed by atoms with Crippen molar-refractivity contribution in [2.75, 3.05) is 0 Å². The minimum atomic E-state index is 0.499. The van der Waals surface area contributed by atoms with Crippen LogP contribution in [0.5, 0.6) is 0 Å². The highest BCUT2D eigenvalue weighted by Gasteiger charge is 2.18. The quantitative estimate of drug-likeness (QED) is 0.692. The van der Waals surface area contributed by atoms with Crippen molar-refractivity contribution in [1.29, 1.82) is 0 Å². The Bertz CT molecular complexity index is 350. The summed E-state index contributed by atoms with van der Waals surface area (Å²) in [5.41, 5.74) is 3.12. The Morgan fingerprint density at radius 2 is 2.00 bits per heavy atom. The van der Waals surface area contributed by atoms with Crippen LogP contribution < -0.4 is 0 Å². The van der Waals surface area contributed by atoms with Crippen LogP contribution in [0.1, 0.15) is 55.0 Å². The summed E-state index contributed by atoms with van der Waals surface area (Å²) in [6.45, 7) is 10.8. The first-order chi connectivity index (χ1) is 7.02. The van der Waals surface area contributed by atoms with E-state index in [0.29, 0.717) is 12.0 Å². The van der Waals surface area contributed by atoms with Crippen LogP contribution in [0.4, 0.5) is 0 Å². The molecule has 0 spiro atoms. The third-order valence-corrected chi connectivity index (χ3v) is 3.17. The van der Waals surface area contributed by atoms with Gasteiger partial charge in [-0.15, -0.1) is 0 Å². The number of aromatic nitrogens is 1. The lowest BCUT2D eigenvalue weighted by atomic mass is 10.0. The third kappa shape index (κ3) is 2.14. The van der Waals surface area contributed by atoms with Crippen molar-refractivity contribution in [3.63, 3.8) is 0 Å². The SMILES string of the molecule is CCC(C(C)C)n1c(C)cc(C=O)c1C. The number of aryl methyl sites for hydroxylation is 1. The second-order valence-corrected chi connectivity index (χ2v) is 4.53. The maximum absolute atomic E-state index is 10.9. The van der Waals surface area contributed by atoms with Gasteiger partial charge in [0.05, 0.1) is 0 Å². The fourth-order valence-corrected chi connectivity index (χ4v) is 2.38. The van der Waals surface area contributed by atoms with Gasteiger partial charge in [0.25, 0.3) is 0 Å². The summed E-state index contributed by atoms with van der Waals surface area (Å²) in [4.78, 5) is 10.9. The van der Waals surface area contributed by atoms with Gasteiger partial charge < -0.3 is 4.57 Å². The van der Waals surface area contributed by atoms with Crippen molar-refractivity contribution in [2.24, 2.45) is 5.92 Å². The first-order valence-corrected chi connectivity index (χ1v) is 5.66. The monoisotopic (exact) mass is 207 g/mol. The molecule has 0 aromatic carbocycles. The molecule has 84 valence electrons. The van der Waals surface area contributed by atoms with Crippen LogP contribution in [-0.4, -0.2) is 10.9 Å². The number of nitrogens with zero attached hydrogens (tertiary/aromatic N) is 1. The molecule has 1 atom stereocenters. The predicted octanol–water partition coefficient (Wildman–Crippen LogP) is 3.52. The van der Waals surface area contributed by atoms with Crippen LogP contribution in [0.25, 0.3) is 0 Å². The summed E-state index contributed by atoms with van der Waals surface area (Å²) in [6, 6.07) is 2.48. The van der Waals surface area contributed by atoms with Crippen molar-refractivity contribution in [3.8, 4) is 0 Å². The summed E-state index contributed by atoms with van der Waals surface area (Å²) in [5.74, 6) is 0.597. The van der Waals surface area contributed by atoms with E-state index in [1.807, 2.05) is 13.0 Å². The highest BCUT2D eigenvalue weighted by atomic mass is 16.1. The number of rotatable bonds is 4. The van der Waals surface area contributed by atoms with E-state index in [0.717, 1.165) is 24.0 Å². The zero-order valence-corrected chi connectivity index (χ0v) is 10.4. The van der Waals surface area contributed by atoms with E-state index in [2.05, 4.69) is 32.3 Å². The third-order valence-electron chi connectivity index (χ3n) is 3.17. The highest BCUT2D eigenvalue weighted by Crippen LogP contribution is 2.27. The summed E-state index contributed by atoms with van der Waals surface area (Å²) in [7, 11) is 0. The Hall–Kier alpha value is -1.05. The Morgan fingerprint density at radius 3 is 2.33 bits per heavy atom. The van der Waals surface area contributed by atoms with E-state index in [1.54, 1.807) is 0 Å². The average Bonchev–Trinajstić information content (AvgIpc) is 2.45. The van der Waals surface area contributed by atoms with Gasteiger partial charge in [-0.1, -0.05) is 20.8 Å². The number of hydrogen-bond acceptors (Lipinski definition) is 1. The second kappa shape index (κ2) is 4.65. The first-order valence-electron chi connectivity index (χ1n) is 5.66. The smallest absolute Gasteiger partial charge is 0.151 e. The molecule has 1 unspecified atom stereocenters. The van der Waals surface area contributed by atoms with E-state index >= 15 is 0 Å². The van der Waals surface area contributed by atoms with Crippen LogP contribution >= 0.6 is 0 Å². The number of aldehydes is 1. The van der Waals surface area contributed by atoms with Crippen LogP contribution in [0.15, 0.2) is 6.07 Å². The van der Waals surface area contributed by atoms with Crippen LogP contribution in [0.3, 0.4) is 0 Å². The molecule has 1 aromatic heterocycles. The van der Waals surface area contributed by atoms with E-state index in [-0.39, 0.29) is 0 Å². The minimum Gasteiger partial charge on any atom is -0.345 e. The van der Waals surface area contributed by atoms with Gasteiger partial charge in [0.15, 0.2) is 6.29 Å². The highest BCUT2D eigenvalue weighted by molar-refractivity contribution is 5.77. The second-order valence-electron chi connectivity index (χ2n) is 4.53. The fourth-order valence-electron chi connectivity index (χ4n) is 2.38. The van der Waals surface area contributed by atoms with Crippen LogP contribution in [0, 0.1) is 19.8 Å². The van der Waals surface area contributed by atoms with Crippen LogP contribution in [-0.2, 0) is 0 Å². The zero-order chi connectivity index (χ0) is 11.6. The normalized spacial score (nSPS) is 13.2. The van der Waals surface area contributed by atoms with Crippen molar-refractivity contribution in [2.45, 2.75) is 47.1 Å². The largest absolute Gasteiger partial charge is 0.345 e. The van der Waals surface area contributed by atoms with E-state index in [1.165, 1.54) is 5.69 Å². The van der Waals surface area contributed by atoms with Gasteiger partial charge in [0, 0.05) is 23.0 Å². The lowest BCUT2D eigenvalue weighted by Crippen LogP contribution is -2.17. The molecule has 1 heterocycles. The summed E-state index contributed by atoms with van der Waals surface area (Å²) in [6.07, 6.45) is 2.05. The molecule has 0 saturated carbocycles. The fraction of sp³-hybridized carbons (Fsp3) is 0.615. The molecule has 0 fully saturated rings. The Kier molecular flexibility index (Phi) is 3.72. The molecule has 0 aliphatic heterocycles. The lowest BCUT2D eigenvalue weighted by molar-refractivity contribution is 0.112. The molecule has 0 amide bonds. The molecule has 0 saturated heterocycles. The van der Waals surface area contributed by atoms with E-state index in [4.69, 9.17) is 0 Å². The molecule has 0 N–H and O–H groups in total. The summed E-state index contributed by atoms with van der Waals surface area (Å²) in [5, 5.41) is 0. The van der Waals surface area contributed by atoms with Gasteiger partial charge in [0.1, 0.15) is 0 Å². The number of hydrogen-bond donors (Lipinski definition) is 0. The van der Waals surface area contributed by atoms with Gasteiger partial charge >= 0.3 is 0 Å². The molecule has 0 radical (unpaired) electrons. The summed E-state index contributed by atoms with van der Waals surface area (Å²) >= 11 is 0. The molecule has 1 aromatic rings. The Morgan fingerprint density at radius 1 is 1.40 bits per heavy atom. The molecule has 0 aliphatic carbocycles. The topological polar surface area (TPSA) is 22.0 Å². The van der Waals surface area contributed by atoms with Gasteiger partial charge in [0.2, 0.25) is 0 Å². The zero-order valence-electron chi connectivity index (χ0n) is 10.4. The number of carbonyl (C=O) groups is 1. The van der Waals surface area contributed by atoms with Crippen LogP contribution in [0.2, 0.25) is 0 Å². The Balaban J connectivity index is 3.22. The molecular formula is C13H21NO. The Labute approximate surface area is 92.3 Å². The first kappa shape index (κ1) is 12.0. The summed E-state index contributed by atoms with van der Waals surface area (Å²) < 4.78 is 2.30. The minimum absolute atomic E-state index is 0.499. The average molecular weight is 207 g/mol. The predicted molar refractivity (Wildman–Crippen MR) is 63.5 cm³/mol. The maximum atomic E-state index is 10.9. The van der Waals surface area contributed by atoms with Gasteiger partial charge in [-0.05, 0) is 32.3 Å². The van der Waals surface area contributed by atoms with Crippen molar-refractivity contribution >= 4 is 6.29 Å². The van der Waals surface area contributed by atoms with Crippen molar-refractivity contribution < 1.29 is 4.79 Å². The van der Waals surface area contributed by atoms with Gasteiger partial charge in [-0.2, -0.15) is 0 Å². The maximum Gasteiger partial charge on any atom is 0.151 e. The number of carbonyl (C=O) groups excluding carboxylic acids is 1. The van der Waals surface area contributed by atoms with E-state index in [9.17, 15) is 4.79 Å². The molecular weight excluding hydrogens is 186 g/mol. The molecule has 15 heavy (non-hydrogen) atoms. The molecule has 2 nitrogen and oxygen atoms in total. The van der Waals surface area contributed by atoms with Crippen molar-refractivity contribution in [1.82, 2.24) is 4.57 Å². The molecule has 1 rings (SSSR count).